The lowest BCUT2D eigenvalue weighted by Crippen LogP contribution is -2.36. The molecule has 1 fully saturated rings. The van der Waals surface area contributed by atoms with Gasteiger partial charge in [0.1, 0.15) is 5.82 Å². The number of halogens is 1. The lowest BCUT2D eigenvalue weighted by Gasteiger charge is -2.19. The van der Waals surface area contributed by atoms with Gasteiger partial charge in [0.2, 0.25) is 0 Å². The van der Waals surface area contributed by atoms with Crippen LogP contribution in [0.4, 0.5) is 4.39 Å². The van der Waals surface area contributed by atoms with Crippen LogP contribution in [0.15, 0.2) is 24.3 Å². The predicted molar refractivity (Wildman–Crippen MR) is 49.5 cm³/mol. The molecule has 3 heteroatoms. The van der Waals surface area contributed by atoms with Crippen molar-refractivity contribution in [1.82, 2.24) is 0 Å². The van der Waals surface area contributed by atoms with Gasteiger partial charge in [0.15, 0.2) is 0 Å². The molecular formula is C10H13FN2. The molecule has 0 bridgehead atoms. The van der Waals surface area contributed by atoms with E-state index in [0.29, 0.717) is 5.56 Å². The number of hydrogen-bond acceptors (Lipinski definition) is 2. The van der Waals surface area contributed by atoms with Crippen molar-refractivity contribution in [3.8, 4) is 0 Å². The van der Waals surface area contributed by atoms with Gasteiger partial charge in [-0.2, -0.15) is 0 Å². The van der Waals surface area contributed by atoms with Crippen LogP contribution in [0.3, 0.4) is 0 Å². The Morgan fingerprint density at radius 2 is 1.92 bits per heavy atom. The molecule has 13 heavy (non-hydrogen) atoms. The van der Waals surface area contributed by atoms with Gasteiger partial charge >= 0.3 is 0 Å². The van der Waals surface area contributed by atoms with Gasteiger partial charge in [0.25, 0.3) is 0 Å². The Morgan fingerprint density at radius 3 is 2.46 bits per heavy atom. The van der Waals surface area contributed by atoms with Gasteiger partial charge in [-0.3, -0.25) is 0 Å². The highest BCUT2D eigenvalue weighted by Crippen LogP contribution is 2.42. The molecule has 4 N–H and O–H groups in total. The van der Waals surface area contributed by atoms with Crippen LogP contribution in [0.25, 0.3) is 0 Å². The molecule has 1 aliphatic rings. The maximum absolute atomic E-state index is 13.3. The topological polar surface area (TPSA) is 52.0 Å². The molecule has 0 aliphatic heterocycles. The summed E-state index contributed by atoms with van der Waals surface area (Å²) in [4.78, 5) is 0. The molecule has 0 spiro atoms. The highest BCUT2D eigenvalue weighted by atomic mass is 19.1. The van der Waals surface area contributed by atoms with Crippen molar-refractivity contribution >= 4 is 0 Å². The van der Waals surface area contributed by atoms with Gasteiger partial charge < -0.3 is 11.5 Å². The Hall–Kier alpha value is -0.930. The summed E-state index contributed by atoms with van der Waals surface area (Å²) in [5.74, 6) is -0.258. The number of nitrogens with two attached hydrogens (primary N) is 2. The van der Waals surface area contributed by atoms with Crippen LogP contribution in [0.1, 0.15) is 24.4 Å². The molecule has 0 saturated heterocycles. The van der Waals surface area contributed by atoms with Crippen molar-refractivity contribution in [2.24, 2.45) is 11.5 Å². The fraction of sp³-hybridized carbons (Fsp3) is 0.400. The second-order valence-electron chi connectivity index (χ2n) is 3.73. The number of hydrogen-bond donors (Lipinski definition) is 2. The largest absolute Gasteiger partial charge is 0.323 e. The molecule has 70 valence electrons. The first-order valence-corrected chi connectivity index (χ1v) is 4.42. The SMILES string of the molecule is NC(c1ccccc1F)C1(N)CC1. The molecule has 0 heterocycles. The Bertz CT molecular complexity index is 320. The summed E-state index contributed by atoms with van der Waals surface area (Å²) >= 11 is 0. The average Bonchev–Trinajstić information content (AvgIpc) is 2.85. The van der Waals surface area contributed by atoms with Gasteiger partial charge in [0, 0.05) is 11.1 Å². The summed E-state index contributed by atoms with van der Waals surface area (Å²) in [5.41, 5.74) is 11.9. The molecular weight excluding hydrogens is 167 g/mol. The van der Waals surface area contributed by atoms with E-state index in [1.54, 1.807) is 18.2 Å². The fourth-order valence-corrected chi connectivity index (χ4v) is 1.49. The van der Waals surface area contributed by atoms with Gasteiger partial charge in [-0.15, -0.1) is 0 Å². The van der Waals surface area contributed by atoms with E-state index in [0.717, 1.165) is 12.8 Å². The summed E-state index contributed by atoms with van der Waals surface area (Å²) in [5, 5.41) is 0. The molecule has 0 amide bonds. The van der Waals surface area contributed by atoms with E-state index in [2.05, 4.69) is 0 Å². The summed E-state index contributed by atoms with van der Waals surface area (Å²) in [6.07, 6.45) is 1.78. The summed E-state index contributed by atoms with van der Waals surface area (Å²) in [6.45, 7) is 0. The highest BCUT2D eigenvalue weighted by Gasteiger charge is 2.45. The molecule has 1 unspecified atom stereocenters. The van der Waals surface area contributed by atoms with Crippen molar-refractivity contribution in [2.45, 2.75) is 24.4 Å². The van der Waals surface area contributed by atoms with Crippen molar-refractivity contribution < 1.29 is 4.39 Å². The van der Waals surface area contributed by atoms with Gasteiger partial charge in [-0.05, 0) is 18.9 Å². The Labute approximate surface area is 76.7 Å². The van der Waals surface area contributed by atoms with E-state index in [1.807, 2.05) is 0 Å². The zero-order valence-electron chi connectivity index (χ0n) is 7.33. The first-order chi connectivity index (χ1) is 6.13. The smallest absolute Gasteiger partial charge is 0.128 e. The van der Waals surface area contributed by atoms with E-state index in [-0.39, 0.29) is 17.4 Å². The molecule has 1 saturated carbocycles. The molecule has 0 radical (unpaired) electrons. The van der Waals surface area contributed by atoms with Crippen LogP contribution in [0, 0.1) is 5.82 Å². The molecule has 1 atom stereocenters. The standard InChI is InChI=1S/C10H13FN2/c11-8-4-2-1-3-7(8)9(12)10(13)5-6-10/h1-4,9H,5-6,12-13H2. The van der Waals surface area contributed by atoms with Crippen LogP contribution in [-0.2, 0) is 0 Å². The predicted octanol–water partition coefficient (Wildman–Crippen LogP) is 1.32. The monoisotopic (exact) mass is 180 g/mol. The van der Waals surface area contributed by atoms with Crippen molar-refractivity contribution in [3.05, 3.63) is 35.6 Å². The summed E-state index contributed by atoms with van der Waals surface area (Å²) in [6, 6.07) is 6.19. The van der Waals surface area contributed by atoms with Crippen LogP contribution in [0.2, 0.25) is 0 Å². The first kappa shape index (κ1) is 8.66. The van der Waals surface area contributed by atoms with E-state index >= 15 is 0 Å². The molecule has 1 aromatic rings. The van der Waals surface area contributed by atoms with Crippen LogP contribution >= 0.6 is 0 Å². The highest BCUT2D eigenvalue weighted by molar-refractivity contribution is 5.27. The zero-order chi connectivity index (χ0) is 9.47. The molecule has 0 aromatic heterocycles. The molecule has 1 aromatic carbocycles. The van der Waals surface area contributed by atoms with E-state index in [9.17, 15) is 4.39 Å². The van der Waals surface area contributed by atoms with Crippen LogP contribution in [-0.4, -0.2) is 5.54 Å². The third-order valence-corrected chi connectivity index (χ3v) is 2.69. The lowest BCUT2D eigenvalue weighted by atomic mass is 9.98. The Kier molecular flexibility index (Phi) is 1.86. The quantitative estimate of drug-likeness (QED) is 0.721. The van der Waals surface area contributed by atoms with Gasteiger partial charge in [0.05, 0.1) is 6.04 Å². The fourth-order valence-electron chi connectivity index (χ4n) is 1.49. The van der Waals surface area contributed by atoms with Crippen molar-refractivity contribution in [2.75, 3.05) is 0 Å². The minimum absolute atomic E-state index is 0.258. The zero-order valence-corrected chi connectivity index (χ0v) is 7.33. The van der Waals surface area contributed by atoms with E-state index in [4.69, 9.17) is 11.5 Å². The van der Waals surface area contributed by atoms with Crippen LogP contribution < -0.4 is 11.5 Å². The van der Waals surface area contributed by atoms with Crippen molar-refractivity contribution in [1.29, 1.82) is 0 Å². The third-order valence-electron chi connectivity index (χ3n) is 2.69. The van der Waals surface area contributed by atoms with Crippen LogP contribution in [0.5, 0.6) is 0 Å². The summed E-state index contributed by atoms with van der Waals surface area (Å²) < 4.78 is 13.3. The summed E-state index contributed by atoms with van der Waals surface area (Å²) in [7, 11) is 0. The van der Waals surface area contributed by atoms with E-state index < -0.39 is 0 Å². The number of rotatable bonds is 2. The Balaban J connectivity index is 2.30. The lowest BCUT2D eigenvalue weighted by molar-refractivity contribution is 0.501. The minimum Gasteiger partial charge on any atom is -0.323 e. The van der Waals surface area contributed by atoms with E-state index in [1.165, 1.54) is 6.07 Å². The molecule has 1 aliphatic carbocycles. The molecule has 2 nitrogen and oxygen atoms in total. The number of benzene rings is 1. The Morgan fingerprint density at radius 1 is 1.31 bits per heavy atom. The average molecular weight is 180 g/mol. The maximum atomic E-state index is 13.3. The normalized spacial score (nSPS) is 21.2. The minimum atomic E-state index is -0.367. The maximum Gasteiger partial charge on any atom is 0.128 e. The second kappa shape index (κ2) is 2.79. The van der Waals surface area contributed by atoms with Gasteiger partial charge in [-0.25, -0.2) is 4.39 Å². The third kappa shape index (κ3) is 1.45. The first-order valence-electron chi connectivity index (χ1n) is 4.42. The molecule has 2 rings (SSSR count). The van der Waals surface area contributed by atoms with Gasteiger partial charge in [-0.1, -0.05) is 18.2 Å². The van der Waals surface area contributed by atoms with Crippen molar-refractivity contribution in [3.63, 3.8) is 0 Å². The second-order valence-corrected chi connectivity index (χ2v) is 3.73.